The van der Waals surface area contributed by atoms with Crippen LogP contribution in [-0.4, -0.2) is 36.5 Å². The molecule has 1 saturated heterocycles. The van der Waals surface area contributed by atoms with Crippen LogP contribution in [0.2, 0.25) is 0 Å². The summed E-state index contributed by atoms with van der Waals surface area (Å²) in [4.78, 5) is 24.3. The van der Waals surface area contributed by atoms with Crippen LogP contribution >= 0.6 is 0 Å². The first-order valence-electron chi connectivity index (χ1n) is 5.76. The van der Waals surface area contributed by atoms with Gasteiger partial charge in [0.25, 0.3) is 0 Å². The fourth-order valence-electron chi connectivity index (χ4n) is 1.78. The number of hydrogen-bond acceptors (Lipinski definition) is 3. The molecule has 1 aliphatic heterocycles. The molecule has 94 valence electrons. The standard InChI is InChI=1S/C13H19NO3/c1-4-7-17-13(16)14-6-5-12(9-14)8-10(2)11(3)15/h4,8,12H,1,5-7,9H2,2-3H3/b10-8+. The molecule has 0 bridgehead atoms. The highest BCUT2D eigenvalue weighted by atomic mass is 16.6. The first-order valence-corrected chi connectivity index (χ1v) is 5.76. The summed E-state index contributed by atoms with van der Waals surface area (Å²) >= 11 is 0. The Morgan fingerprint density at radius 1 is 1.47 bits per heavy atom. The SMILES string of the molecule is C=CCOC(=O)N1CCC(/C=C(\C)C(C)=O)C1. The van der Waals surface area contributed by atoms with E-state index in [0.717, 1.165) is 12.0 Å². The summed E-state index contributed by atoms with van der Waals surface area (Å²) < 4.78 is 4.96. The molecular formula is C13H19NO3. The zero-order valence-corrected chi connectivity index (χ0v) is 10.4. The van der Waals surface area contributed by atoms with Crippen molar-refractivity contribution in [2.75, 3.05) is 19.7 Å². The maximum atomic E-state index is 11.5. The van der Waals surface area contributed by atoms with Gasteiger partial charge >= 0.3 is 6.09 Å². The van der Waals surface area contributed by atoms with Crippen LogP contribution in [0.3, 0.4) is 0 Å². The van der Waals surface area contributed by atoms with Crippen LogP contribution in [-0.2, 0) is 9.53 Å². The van der Waals surface area contributed by atoms with Crippen molar-refractivity contribution in [2.45, 2.75) is 20.3 Å². The molecule has 0 aromatic rings. The molecule has 1 aliphatic rings. The molecule has 1 amide bonds. The van der Waals surface area contributed by atoms with E-state index in [9.17, 15) is 9.59 Å². The maximum Gasteiger partial charge on any atom is 0.410 e. The second kappa shape index (κ2) is 6.23. The van der Waals surface area contributed by atoms with Crippen LogP contribution in [0.15, 0.2) is 24.3 Å². The molecule has 17 heavy (non-hydrogen) atoms. The second-order valence-corrected chi connectivity index (χ2v) is 4.27. The predicted molar refractivity (Wildman–Crippen MR) is 65.7 cm³/mol. The topological polar surface area (TPSA) is 46.6 Å². The van der Waals surface area contributed by atoms with Gasteiger partial charge in [0.05, 0.1) is 0 Å². The molecule has 0 N–H and O–H groups in total. The van der Waals surface area contributed by atoms with E-state index in [1.807, 2.05) is 6.08 Å². The van der Waals surface area contributed by atoms with Crippen LogP contribution in [0.25, 0.3) is 0 Å². The quantitative estimate of drug-likeness (QED) is 0.556. The van der Waals surface area contributed by atoms with Crippen molar-refractivity contribution in [3.63, 3.8) is 0 Å². The minimum Gasteiger partial charge on any atom is -0.445 e. The van der Waals surface area contributed by atoms with Crippen molar-refractivity contribution in [3.05, 3.63) is 24.3 Å². The Hall–Kier alpha value is -1.58. The van der Waals surface area contributed by atoms with Gasteiger partial charge in [-0.2, -0.15) is 0 Å². The molecule has 1 atom stereocenters. The van der Waals surface area contributed by atoms with Gasteiger partial charge in [-0.05, 0) is 31.8 Å². The summed E-state index contributed by atoms with van der Waals surface area (Å²) in [6.07, 6.45) is 4.07. The summed E-state index contributed by atoms with van der Waals surface area (Å²) in [5, 5.41) is 0. The van der Waals surface area contributed by atoms with Crippen molar-refractivity contribution >= 4 is 11.9 Å². The van der Waals surface area contributed by atoms with Crippen LogP contribution in [0.5, 0.6) is 0 Å². The van der Waals surface area contributed by atoms with Crippen molar-refractivity contribution in [1.82, 2.24) is 4.90 Å². The molecule has 0 spiro atoms. The van der Waals surface area contributed by atoms with Gasteiger partial charge in [-0.25, -0.2) is 4.79 Å². The highest BCUT2D eigenvalue weighted by molar-refractivity contribution is 5.92. The average Bonchev–Trinajstić information content (AvgIpc) is 2.74. The third-order valence-corrected chi connectivity index (χ3v) is 2.85. The smallest absolute Gasteiger partial charge is 0.410 e. The third-order valence-electron chi connectivity index (χ3n) is 2.85. The Labute approximate surface area is 102 Å². The summed E-state index contributed by atoms with van der Waals surface area (Å²) in [5.41, 5.74) is 0.760. The number of allylic oxidation sites excluding steroid dienone is 1. The fraction of sp³-hybridized carbons (Fsp3) is 0.538. The number of rotatable bonds is 4. The van der Waals surface area contributed by atoms with E-state index in [1.165, 1.54) is 0 Å². The van der Waals surface area contributed by atoms with Crippen molar-refractivity contribution in [2.24, 2.45) is 5.92 Å². The van der Waals surface area contributed by atoms with E-state index in [0.29, 0.717) is 13.1 Å². The zero-order valence-electron chi connectivity index (χ0n) is 10.4. The van der Waals surface area contributed by atoms with Crippen molar-refractivity contribution in [3.8, 4) is 0 Å². The van der Waals surface area contributed by atoms with Gasteiger partial charge < -0.3 is 9.64 Å². The second-order valence-electron chi connectivity index (χ2n) is 4.27. The van der Waals surface area contributed by atoms with Crippen molar-refractivity contribution in [1.29, 1.82) is 0 Å². The largest absolute Gasteiger partial charge is 0.445 e. The maximum absolute atomic E-state index is 11.5. The number of carbonyl (C=O) groups excluding carboxylic acids is 2. The average molecular weight is 237 g/mol. The zero-order chi connectivity index (χ0) is 12.8. The molecule has 1 unspecified atom stereocenters. The lowest BCUT2D eigenvalue weighted by atomic mass is 10.0. The van der Waals surface area contributed by atoms with E-state index in [2.05, 4.69) is 6.58 Å². The van der Waals surface area contributed by atoms with Gasteiger partial charge in [0.15, 0.2) is 5.78 Å². The molecular weight excluding hydrogens is 218 g/mol. The number of likely N-dealkylation sites (tertiary alicyclic amines) is 1. The van der Waals surface area contributed by atoms with E-state index in [1.54, 1.807) is 24.8 Å². The number of amides is 1. The number of Topliss-reactive ketones (excluding diaryl/α,β-unsaturated/α-hetero) is 1. The van der Waals surface area contributed by atoms with Gasteiger partial charge in [-0.3, -0.25) is 4.79 Å². The molecule has 0 radical (unpaired) electrons. The van der Waals surface area contributed by atoms with Crippen LogP contribution in [0, 0.1) is 5.92 Å². The molecule has 0 aromatic carbocycles. The van der Waals surface area contributed by atoms with Gasteiger partial charge in [0.2, 0.25) is 0 Å². The van der Waals surface area contributed by atoms with Crippen LogP contribution in [0.4, 0.5) is 4.79 Å². The Kier molecular flexibility index (Phi) is 4.94. The first-order chi connectivity index (χ1) is 8.04. The molecule has 1 heterocycles. The molecule has 4 heteroatoms. The lowest BCUT2D eigenvalue weighted by molar-refractivity contribution is -0.113. The number of ether oxygens (including phenoxy) is 1. The molecule has 0 aliphatic carbocycles. The van der Waals surface area contributed by atoms with Gasteiger partial charge in [-0.1, -0.05) is 18.7 Å². The fourth-order valence-corrected chi connectivity index (χ4v) is 1.78. The van der Waals surface area contributed by atoms with Crippen LogP contribution < -0.4 is 0 Å². The lowest BCUT2D eigenvalue weighted by Gasteiger charge is -2.14. The summed E-state index contributed by atoms with van der Waals surface area (Å²) in [5.74, 6) is 0.341. The lowest BCUT2D eigenvalue weighted by Crippen LogP contribution is -2.29. The van der Waals surface area contributed by atoms with Crippen LogP contribution in [0.1, 0.15) is 20.3 Å². The minimum absolute atomic E-state index is 0.0812. The Bertz CT molecular complexity index is 347. The molecule has 0 aromatic heterocycles. The van der Waals surface area contributed by atoms with Gasteiger partial charge in [-0.15, -0.1) is 0 Å². The van der Waals surface area contributed by atoms with Gasteiger partial charge in [0, 0.05) is 13.1 Å². The molecule has 4 nitrogen and oxygen atoms in total. The summed E-state index contributed by atoms with van der Waals surface area (Å²) in [6, 6.07) is 0. The molecule has 0 saturated carbocycles. The first kappa shape index (κ1) is 13.5. The Balaban J connectivity index is 2.47. The van der Waals surface area contributed by atoms with E-state index in [4.69, 9.17) is 4.74 Å². The van der Waals surface area contributed by atoms with E-state index >= 15 is 0 Å². The highest BCUT2D eigenvalue weighted by Gasteiger charge is 2.25. The molecule has 1 rings (SSSR count). The van der Waals surface area contributed by atoms with E-state index in [-0.39, 0.29) is 24.4 Å². The van der Waals surface area contributed by atoms with Crippen molar-refractivity contribution < 1.29 is 14.3 Å². The third kappa shape index (κ3) is 4.06. The minimum atomic E-state index is -0.304. The normalized spacial score (nSPS) is 20.2. The number of ketones is 1. The molecule has 1 fully saturated rings. The number of nitrogens with zero attached hydrogens (tertiary/aromatic N) is 1. The monoisotopic (exact) mass is 237 g/mol. The Morgan fingerprint density at radius 2 is 2.18 bits per heavy atom. The highest BCUT2D eigenvalue weighted by Crippen LogP contribution is 2.19. The predicted octanol–water partition coefficient (Wildman–Crippen LogP) is 2.17. The summed E-state index contributed by atoms with van der Waals surface area (Å²) in [6.45, 7) is 8.40. The number of hydrogen-bond donors (Lipinski definition) is 0. The van der Waals surface area contributed by atoms with E-state index < -0.39 is 0 Å². The number of carbonyl (C=O) groups is 2. The van der Waals surface area contributed by atoms with Gasteiger partial charge in [0.1, 0.15) is 6.61 Å². The Morgan fingerprint density at radius 3 is 2.76 bits per heavy atom. The summed E-state index contributed by atoms with van der Waals surface area (Å²) in [7, 11) is 0.